The van der Waals surface area contributed by atoms with E-state index in [-0.39, 0.29) is 0 Å². The summed E-state index contributed by atoms with van der Waals surface area (Å²) in [4.78, 5) is 4.46. The summed E-state index contributed by atoms with van der Waals surface area (Å²) in [6.45, 7) is 0. The van der Waals surface area contributed by atoms with Gasteiger partial charge in [-0.25, -0.2) is 9.50 Å². The molecule has 1 aromatic carbocycles. The van der Waals surface area contributed by atoms with Crippen LogP contribution in [0.15, 0.2) is 42.6 Å². The standard InChI is InChI=1S/C14H12ClN3O/c1-19-12-5-3-2-4-10(12)8-13-16-14-9-11(15)6-7-18(14)17-13/h2-7,9H,8H2,1H3. The molecule has 0 atom stereocenters. The van der Waals surface area contributed by atoms with Crippen LogP contribution in [-0.2, 0) is 6.42 Å². The molecule has 0 aliphatic carbocycles. The normalized spacial score (nSPS) is 10.8. The van der Waals surface area contributed by atoms with E-state index >= 15 is 0 Å². The van der Waals surface area contributed by atoms with E-state index in [2.05, 4.69) is 10.1 Å². The Morgan fingerprint density at radius 3 is 2.95 bits per heavy atom. The van der Waals surface area contributed by atoms with Gasteiger partial charge in [0.25, 0.3) is 0 Å². The van der Waals surface area contributed by atoms with Crippen molar-refractivity contribution in [3.8, 4) is 5.75 Å². The van der Waals surface area contributed by atoms with E-state index in [4.69, 9.17) is 16.3 Å². The van der Waals surface area contributed by atoms with E-state index < -0.39 is 0 Å². The summed E-state index contributed by atoms with van der Waals surface area (Å²) < 4.78 is 7.05. The minimum absolute atomic E-state index is 0.628. The van der Waals surface area contributed by atoms with Crippen LogP contribution in [0.1, 0.15) is 11.4 Å². The molecule has 0 spiro atoms. The number of methoxy groups -OCH3 is 1. The van der Waals surface area contributed by atoms with Crippen LogP contribution in [0, 0.1) is 0 Å². The number of nitrogens with zero attached hydrogens (tertiary/aromatic N) is 3. The van der Waals surface area contributed by atoms with E-state index in [0.717, 1.165) is 22.8 Å². The van der Waals surface area contributed by atoms with E-state index in [1.165, 1.54) is 0 Å². The molecular weight excluding hydrogens is 262 g/mol. The summed E-state index contributed by atoms with van der Waals surface area (Å²) in [5.74, 6) is 1.59. The summed E-state index contributed by atoms with van der Waals surface area (Å²) in [6, 6.07) is 11.4. The lowest BCUT2D eigenvalue weighted by Gasteiger charge is -2.05. The van der Waals surface area contributed by atoms with Gasteiger partial charge in [0.1, 0.15) is 5.75 Å². The predicted octanol–water partition coefficient (Wildman–Crippen LogP) is 2.98. The van der Waals surface area contributed by atoms with Crippen molar-refractivity contribution in [2.75, 3.05) is 7.11 Å². The van der Waals surface area contributed by atoms with Crippen molar-refractivity contribution in [3.63, 3.8) is 0 Å². The maximum absolute atomic E-state index is 5.93. The van der Waals surface area contributed by atoms with Gasteiger partial charge < -0.3 is 4.74 Å². The lowest BCUT2D eigenvalue weighted by Crippen LogP contribution is -1.95. The first-order valence-corrected chi connectivity index (χ1v) is 6.27. The zero-order valence-corrected chi connectivity index (χ0v) is 11.1. The zero-order valence-electron chi connectivity index (χ0n) is 10.4. The highest BCUT2D eigenvalue weighted by Gasteiger charge is 2.08. The summed E-state index contributed by atoms with van der Waals surface area (Å²) in [5, 5.41) is 5.07. The molecule has 0 fully saturated rings. The Kier molecular flexibility index (Phi) is 3.09. The second-order valence-electron chi connectivity index (χ2n) is 4.16. The Bertz CT molecular complexity index is 724. The molecule has 19 heavy (non-hydrogen) atoms. The van der Waals surface area contributed by atoms with Gasteiger partial charge in [-0.15, -0.1) is 0 Å². The number of aromatic nitrogens is 3. The number of fused-ring (bicyclic) bond motifs is 1. The van der Waals surface area contributed by atoms with Crippen molar-refractivity contribution in [1.82, 2.24) is 14.6 Å². The minimum atomic E-state index is 0.628. The van der Waals surface area contributed by atoms with Gasteiger partial charge >= 0.3 is 0 Å². The molecule has 3 aromatic rings. The fraction of sp³-hybridized carbons (Fsp3) is 0.143. The van der Waals surface area contributed by atoms with Crippen molar-refractivity contribution in [2.24, 2.45) is 0 Å². The number of hydrogen-bond donors (Lipinski definition) is 0. The number of benzene rings is 1. The Labute approximate surface area is 115 Å². The molecule has 2 heterocycles. The highest BCUT2D eigenvalue weighted by molar-refractivity contribution is 6.30. The number of para-hydroxylation sites is 1. The molecule has 0 saturated carbocycles. The highest BCUT2D eigenvalue weighted by Crippen LogP contribution is 2.20. The molecule has 3 rings (SSSR count). The van der Waals surface area contributed by atoms with Crippen LogP contribution in [0.4, 0.5) is 0 Å². The monoisotopic (exact) mass is 273 g/mol. The summed E-state index contributed by atoms with van der Waals surface area (Å²) in [6.07, 6.45) is 2.43. The van der Waals surface area contributed by atoms with Gasteiger partial charge in [-0.1, -0.05) is 29.8 Å². The van der Waals surface area contributed by atoms with Crippen LogP contribution in [0.25, 0.3) is 5.65 Å². The summed E-state index contributed by atoms with van der Waals surface area (Å²) in [7, 11) is 1.66. The fourth-order valence-electron chi connectivity index (χ4n) is 2.00. The third-order valence-corrected chi connectivity index (χ3v) is 3.12. The van der Waals surface area contributed by atoms with Crippen molar-refractivity contribution < 1.29 is 4.74 Å². The molecule has 4 nitrogen and oxygen atoms in total. The van der Waals surface area contributed by atoms with Crippen molar-refractivity contribution in [1.29, 1.82) is 0 Å². The van der Waals surface area contributed by atoms with Gasteiger partial charge in [-0.2, -0.15) is 5.10 Å². The molecule has 0 radical (unpaired) electrons. The van der Waals surface area contributed by atoms with Gasteiger partial charge in [0.2, 0.25) is 0 Å². The minimum Gasteiger partial charge on any atom is -0.496 e. The van der Waals surface area contributed by atoms with E-state index in [1.807, 2.05) is 24.3 Å². The molecule has 0 saturated heterocycles. The maximum Gasteiger partial charge on any atom is 0.157 e. The number of rotatable bonds is 3. The van der Waals surface area contributed by atoms with Crippen LogP contribution in [0.3, 0.4) is 0 Å². The van der Waals surface area contributed by atoms with Crippen molar-refractivity contribution >= 4 is 17.2 Å². The van der Waals surface area contributed by atoms with Gasteiger partial charge in [0.15, 0.2) is 11.5 Å². The summed E-state index contributed by atoms with van der Waals surface area (Å²) in [5.41, 5.74) is 1.81. The Morgan fingerprint density at radius 1 is 1.26 bits per heavy atom. The first-order valence-electron chi connectivity index (χ1n) is 5.89. The van der Waals surface area contributed by atoms with Crippen molar-refractivity contribution in [3.05, 3.63) is 59.0 Å². The smallest absolute Gasteiger partial charge is 0.157 e. The number of ether oxygens (including phenoxy) is 1. The number of hydrogen-bond acceptors (Lipinski definition) is 3. The third kappa shape index (κ3) is 2.39. The second-order valence-corrected chi connectivity index (χ2v) is 4.60. The third-order valence-electron chi connectivity index (χ3n) is 2.88. The zero-order chi connectivity index (χ0) is 13.2. The quantitative estimate of drug-likeness (QED) is 0.736. The Balaban J connectivity index is 1.96. The second kappa shape index (κ2) is 4.90. The molecule has 2 aromatic heterocycles. The SMILES string of the molecule is COc1ccccc1Cc1nc2cc(Cl)ccn2n1. The molecule has 96 valence electrons. The van der Waals surface area contributed by atoms with Crippen LogP contribution < -0.4 is 4.74 Å². The lowest BCUT2D eigenvalue weighted by molar-refractivity contribution is 0.410. The van der Waals surface area contributed by atoms with Gasteiger partial charge in [-0.05, 0) is 12.1 Å². The topological polar surface area (TPSA) is 39.4 Å². The summed E-state index contributed by atoms with van der Waals surface area (Å²) >= 11 is 5.93. The van der Waals surface area contributed by atoms with Gasteiger partial charge in [0, 0.05) is 29.3 Å². The maximum atomic E-state index is 5.93. The van der Waals surface area contributed by atoms with Gasteiger partial charge in [-0.3, -0.25) is 0 Å². The lowest BCUT2D eigenvalue weighted by atomic mass is 10.1. The fourth-order valence-corrected chi connectivity index (χ4v) is 2.15. The van der Waals surface area contributed by atoms with Crippen LogP contribution >= 0.6 is 11.6 Å². The Hall–Kier alpha value is -2.07. The highest BCUT2D eigenvalue weighted by atomic mass is 35.5. The van der Waals surface area contributed by atoms with Gasteiger partial charge in [0.05, 0.1) is 7.11 Å². The molecular formula is C14H12ClN3O. The number of halogens is 1. The van der Waals surface area contributed by atoms with E-state index in [9.17, 15) is 0 Å². The number of pyridine rings is 1. The predicted molar refractivity (Wildman–Crippen MR) is 73.8 cm³/mol. The molecule has 0 amide bonds. The average molecular weight is 274 g/mol. The molecule has 0 unspecified atom stereocenters. The largest absolute Gasteiger partial charge is 0.496 e. The van der Waals surface area contributed by atoms with Crippen LogP contribution in [0.2, 0.25) is 5.02 Å². The molecule has 0 aliphatic rings. The molecule has 0 aliphatic heterocycles. The van der Waals surface area contributed by atoms with E-state index in [0.29, 0.717) is 11.4 Å². The molecule has 0 N–H and O–H groups in total. The van der Waals surface area contributed by atoms with Crippen LogP contribution in [-0.4, -0.2) is 21.7 Å². The Morgan fingerprint density at radius 2 is 2.11 bits per heavy atom. The van der Waals surface area contributed by atoms with Crippen molar-refractivity contribution in [2.45, 2.75) is 6.42 Å². The first-order chi connectivity index (χ1) is 9.26. The average Bonchev–Trinajstić information content (AvgIpc) is 2.80. The molecule has 5 heteroatoms. The van der Waals surface area contributed by atoms with Crippen LogP contribution in [0.5, 0.6) is 5.75 Å². The van der Waals surface area contributed by atoms with E-state index in [1.54, 1.807) is 30.0 Å². The first kappa shape index (κ1) is 12.0. The molecule has 0 bridgehead atoms.